The number of halogens is 1. The molecule has 2 heterocycles. The van der Waals surface area contributed by atoms with Crippen LogP contribution < -0.4 is 10.9 Å². The van der Waals surface area contributed by atoms with Gasteiger partial charge in [0, 0.05) is 30.1 Å². The van der Waals surface area contributed by atoms with Crippen molar-refractivity contribution in [2.75, 3.05) is 20.1 Å². The second kappa shape index (κ2) is 8.87. The van der Waals surface area contributed by atoms with Crippen molar-refractivity contribution in [2.24, 2.45) is 22.7 Å². The summed E-state index contributed by atoms with van der Waals surface area (Å²) in [5.41, 5.74) is -1.42. The first-order valence-electron chi connectivity index (χ1n) is 14.6. The van der Waals surface area contributed by atoms with Crippen LogP contribution in [-0.2, 0) is 0 Å². The van der Waals surface area contributed by atoms with Crippen molar-refractivity contribution in [3.63, 3.8) is 0 Å². The van der Waals surface area contributed by atoms with Crippen molar-refractivity contribution < 1.29 is 19.0 Å². The van der Waals surface area contributed by atoms with Crippen molar-refractivity contribution >= 4 is 0 Å². The Bertz CT molecular complexity index is 1060. The van der Waals surface area contributed by atoms with Crippen LogP contribution in [-0.4, -0.2) is 64.7 Å². The van der Waals surface area contributed by atoms with E-state index in [-0.39, 0.29) is 46.3 Å². The highest BCUT2D eigenvalue weighted by Crippen LogP contribution is 2.71. The summed E-state index contributed by atoms with van der Waals surface area (Å²) in [6.45, 7) is 5.90. The Hall–Kier alpha value is -1.28. The molecule has 0 bridgehead atoms. The van der Waals surface area contributed by atoms with Crippen LogP contribution in [0.4, 0.5) is 4.39 Å². The average Bonchev–Trinajstić information content (AvgIpc) is 3.13. The summed E-state index contributed by atoms with van der Waals surface area (Å²) >= 11 is 0. The van der Waals surface area contributed by atoms with Gasteiger partial charge in [-0.3, -0.25) is 0 Å². The number of aliphatic hydroxyl groups is 2. The van der Waals surface area contributed by atoms with Gasteiger partial charge in [-0.15, -0.1) is 0 Å². The Morgan fingerprint density at radius 1 is 1.00 bits per heavy atom. The second-order valence-corrected chi connectivity index (χ2v) is 13.8. The number of rotatable bonds is 3. The van der Waals surface area contributed by atoms with E-state index in [0.717, 1.165) is 63.5 Å². The van der Waals surface area contributed by atoms with Gasteiger partial charge in [0.25, 0.3) is 0 Å². The summed E-state index contributed by atoms with van der Waals surface area (Å²) in [5.74, 6) is 0.598. The quantitative estimate of drug-likeness (QED) is 0.563. The number of alkyl halides is 1. The first-order chi connectivity index (χ1) is 17.5. The van der Waals surface area contributed by atoms with Gasteiger partial charge in [-0.05, 0) is 113 Å². The van der Waals surface area contributed by atoms with Crippen LogP contribution >= 0.6 is 0 Å². The van der Waals surface area contributed by atoms with Crippen LogP contribution in [0, 0.1) is 22.7 Å². The first-order valence-corrected chi connectivity index (χ1v) is 14.6. The Morgan fingerprint density at radius 3 is 2.49 bits per heavy atom. The largest absolute Gasteiger partial charge is 0.431 e. The summed E-state index contributed by atoms with van der Waals surface area (Å²) in [7, 11) is 1.98. The molecule has 0 amide bonds. The van der Waals surface area contributed by atoms with Crippen molar-refractivity contribution in [3.05, 3.63) is 34.4 Å². The molecule has 0 aromatic carbocycles. The number of nitrogens with zero attached hydrogens (tertiary/aromatic N) is 1. The summed E-state index contributed by atoms with van der Waals surface area (Å²) in [6, 6.07) is 3.38. The van der Waals surface area contributed by atoms with Gasteiger partial charge in [0.1, 0.15) is 6.17 Å². The SMILES string of the molecule is CN1CCC(N[C@H]2CC[C@]3(C)[C@H]4CC[C@]5(C)[C@@H](c6ccc(=O)oc6)CC[C@]5(O)[C@@H]4CC[C@]3(O)C2)[C@H](F)C1. The van der Waals surface area contributed by atoms with Gasteiger partial charge in [-0.1, -0.05) is 13.8 Å². The summed E-state index contributed by atoms with van der Waals surface area (Å²) in [4.78, 5) is 13.6. The van der Waals surface area contributed by atoms with Crippen LogP contribution in [0.15, 0.2) is 27.6 Å². The predicted molar refractivity (Wildman–Crippen MR) is 140 cm³/mol. The minimum atomic E-state index is -0.865. The topological polar surface area (TPSA) is 85.9 Å². The van der Waals surface area contributed by atoms with E-state index in [1.807, 2.05) is 13.1 Å². The molecule has 6 nitrogen and oxygen atoms in total. The van der Waals surface area contributed by atoms with Gasteiger partial charge in [0.05, 0.1) is 17.5 Å². The lowest BCUT2D eigenvalue weighted by Crippen LogP contribution is -2.68. The van der Waals surface area contributed by atoms with Gasteiger partial charge in [-0.25, -0.2) is 9.18 Å². The maximum Gasteiger partial charge on any atom is 0.335 e. The van der Waals surface area contributed by atoms with Gasteiger partial charge in [0.15, 0.2) is 0 Å². The van der Waals surface area contributed by atoms with E-state index < -0.39 is 17.4 Å². The number of piperidine rings is 1. The van der Waals surface area contributed by atoms with Gasteiger partial charge < -0.3 is 24.8 Å². The molecular formula is C30H45FN2O4. The van der Waals surface area contributed by atoms with Crippen LogP contribution in [0.5, 0.6) is 0 Å². The molecule has 206 valence electrons. The third kappa shape index (κ3) is 3.81. The molecule has 1 aromatic rings. The molecule has 1 aliphatic heterocycles. The summed E-state index contributed by atoms with van der Waals surface area (Å²) in [6.07, 6.45) is 9.13. The van der Waals surface area contributed by atoms with Gasteiger partial charge >= 0.3 is 5.63 Å². The third-order valence-corrected chi connectivity index (χ3v) is 12.3. The van der Waals surface area contributed by atoms with Crippen LogP contribution in [0.1, 0.15) is 89.5 Å². The van der Waals surface area contributed by atoms with Crippen LogP contribution in [0.2, 0.25) is 0 Å². The van der Waals surface area contributed by atoms with E-state index >= 15 is 0 Å². The molecule has 37 heavy (non-hydrogen) atoms. The van der Waals surface area contributed by atoms with Gasteiger partial charge in [0.2, 0.25) is 0 Å². The number of likely N-dealkylation sites (tertiary alicyclic amines) is 1. The summed E-state index contributed by atoms with van der Waals surface area (Å²) in [5, 5.41) is 28.2. The Balaban J connectivity index is 1.21. The predicted octanol–water partition coefficient (Wildman–Crippen LogP) is 4.00. The molecule has 10 atom stereocenters. The molecule has 5 aliphatic rings. The second-order valence-electron chi connectivity index (χ2n) is 13.8. The fourth-order valence-corrected chi connectivity index (χ4v) is 10.0. The van der Waals surface area contributed by atoms with Crippen molar-refractivity contribution in [3.8, 4) is 0 Å². The molecular weight excluding hydrogens is 471 g/mol. The lowest BCUT2D eigenvalue weighted by Gasteiger charge is -2.66. The minimum absolute atomic E-state index is 0.126. The normalized spacial score (nSPS) is 50.2. The van der Waals surface area contributed by atoms with Gasteiger partial charge in [-0.2, -0.15) is 0 Å². The van der Waals surface area contributed by atoms with Crippen LogP contribution in [0.3, 0.4) is 0 Å². The van der Waals surface area contributed by atoms with E-state index in [1.54, 1.807) is 6.26 Å². The van der Waals surface area contributed by atoms with Crippen molar-refractivity contribution in [1.29, 1.82) is 0 Å². The zero-order valence-electron chi connectivity index (χ0n) is 22.7. The molecule has 5 fully saturated rings. The first kappa shape index (κ1) is 26.0. The highest BCUT2D eigenvalue weighted by molar-refractivity contribution is 5.28. The molecule has 4 saturated carbocycles. The highest BCUT2D eigenvalue weighted by atomic mass is 19.1. The van der Waals surface area contributed by atoms with E-state index in [9.17, 15) is 19.4 Å². The highest BCUT2D eigenvalue weighted by Gasteiger charge is 2.70. The molecule has 7 heteroatoms. The number of hydrogen-bond donors (Lipinski definition) is 3. The lowest BCUT2D eigenvalue weighted by atomic mass is 9.42. The summed E-state index contributed by atoms with van der Waals surface area (Å²) < 4.78 is 19.9. The van der Waals surface area contributed by atoms with Crippen LogP contribution in [0.25, 0.3) is 0 Å². The number of fused-ring (bicyclic) bond motifs is 5. The number of hydrogen-bond acceptors (Lipinski definition) is 6. The Kier molecular flexibility index (Phi) is 6.22. The van der Waals surface area contributed by atoms with E-state index in [0.29, 0.717) is 19.4 Å². The Labute approximate surface area is 220 Å². The molecule has 0 spiro atoms. The zero-order valence-corrected chi connectivity index (χ0v) is 22.7. The molecule has 1 aromatic heterocycles. The molecule has 0 radical (unpaired) electrons. The minimum Gasteiger partial charge on any atom is -0.431 e. The maximum atomic E-state index is 14.7. The maximum absolute atomic E-state index is 14.7. The lowest BCUT2D eigenvalue weighted by molar-refractivity contribution is -0.247. The monoisotopic (exact) mass is 516 g/mol. The molecule has 1 unspecified atom stereocenters. The zero-order chi connectivity index (χ0) is 26.2. The van der Waals surface area contributed by atoms with E-state index in [2.05, 4.69) is 24.1 Å². The molecule has 3 N–H and O–H groups in total. The Morgan fingerprint density at radius 2 is 1.76 bits per heavy atom. The average molecular weight is 517 g/mol. The number of nitrogens with one attached hydrogen (secondary N) is 1. The molecule has 6 rings (SSSR count). The van der Waals surface area contributed by atoms with Crippen molar-refractivity contribution in [1.82, 2.24) is 10.2 Å². The molecule has 4 aliphatic carbocycles. The van der Waals surface area contributed by atoms with E-state index in [4.69, 9.17) is 4.42 Å². The smallest absolute Gasteiger partial charge is 0.335 e. The standard InChI is InChI=1S/C30H45FN2O4/c1-27-11-6-20(32-25-10-15-33(3)17-24(25)31)16-29(27,35)13-8-23-22(27)7-12-28(2)21(9-14-30(23,28)36)19-4-5-26(34)37-18-19/h4-5,18,20-25,32,35-36H,6-17H2,1-3H3/t20-,21+,22-,23+,24+,25?,27+,28+,29-,30-/m0/s1. The van der Waals surface area contributed by atoms with Crippen molar-refractivity contribution in [2.45, 2.75) is 113 Å². The van der Waals surface area contributed by atoms with E-state index in [1.165, 1.54) is 6.07 Å². The molecule has 1 saturated heterocycles. The fraction of sp³-hybridized carbons (Fsp3) is 0.833. The third-order valence-electron chi connectivity index (χ3n) is 12.3. The fourth-order valence-electron chi connectivity index (χ4n) is 10.0.